The minimum absolute atomic E-state index is 0.314. The second-order valence-corrected chi connectivity index (χ2v) is 2.82. The molecule has 0 aromatic carbocycles. The smallest absolute Gasteiger partial charge is 0.0434 e. The molecular weight excluding hydrogens is 126 g/mol. The van der Waals surface area contributed by atoms with E-state index >= 15 is 0 Å². The first-order valence-corrected chi connectivity index (χ1v) is 4.12. The molecule has 0 saturated heterocycles. The van der Waals surface area contributed by atoms with Crippen molar-refractivity contribution < 1.29 is 5.11 Å². The summed E-state index contributed by atoms with van der Waals surface area (Å²) in [6, 6.07) is 0. The number of aliphatic hydroxyl groups excluding tert-OH is 1. The molecular formula is C8H19NO. The Hall–Kier alpha value is -0.0800. The van der Waals surface area contributed by atoms with Crippen LogP contribution in [0.3, 0.4) is 0 Å². The van der Waals surface area contributed by atoms with Crippen molar-refractivity contribution in [2.75, 3.05) is 19.7 Å². The second kappa shape index (κ2) is 7.03. The van der Waals surface area contributed by atoms with Crippen molar-refractivity contribution in [3.63, 3.8) is 0 Å². The molecule has 0 amide bonds. The second-order valence-electron chi connectivity index (χ2n) is 2.82. The van der Waals surface area contributed by atoms with Gasteiger partial charge in [0.15, 0.2) is 0 Å². The van der Waals surface area contributed by atoms with E-state index < -0.39 is 0 Å². The number of nitrogens with one attached hydrogen (secondary N) is 1. The molecule has 2 heteroatoms. The topological polar surface area (TPSA) is 32.3 Å². The van der Waals surface area contributed by atoms with Crippen LogP contribution in [0.15, 0.2) is 0 Å². The van der Waals surface area contributed by atoms with Gasteiger partial charge in [-0.15, -0.1) is 0 Å². The molecule has 1 atom stereocenters. The molecule has 0 aliphatic rings. The molecule has 0 aromatic rings. The third-order valence-electron chi connectivity index (χ3n) is 1.54. The molecule has 0 fully saturated rings. The number of aliphatic hydroxyl groups is 1. The van der Waals surface area contributed by atoms with E-state index in [9.17, 15) is 0 Å². The standard InChI is InChI=1S/C8H19NO/c1-3-5-9-7-8(2)4-6-10/h8-10H,3-7H2,1-2H3/t8-/m0/s1. The predicted molar refractivity (Wildman–Crippen MR) is 44.0 cm³/mol. The summed E-state index contributed by atoms with van der Waals surface area (Å²) in [5.74, 6) is 0.608. The molecule has 0 rings (SSSR count). The summed E-state index contributed by atoms with van der Waals surface area (Å²) in [5, 5.41) is 11.9. The molecule has 10 heavy (non-hydrogen) atoms. The summed E-state index contributed by atoms with van der Waals surface area (Å²) >= 11 is 0. The molecule has 0 aromatic heterocycles. The first kappa shape index (κ1) is 9.92. The van der Waals surface area contributed by atoms with Crippen LogP contribution < -0.4 is 5.32 Å². The van der Waals surface area contributed by atoms with Crippen molar-refractivity contribution in [3.8, 4) is 0 Å². The Kier molecular flexibility index (Phi) is 6.98. The van der Waals surface area contributed by atoms with Crippen LogP contribution in [-0.2, 0) is 0 Å². The highest BCUT2D eigenvalue weighted by Gasteiger charge is 1.98. The minimum Gasteiger partial charge on any atom is -0.396 e. The SMILES string of the molecule is CCCNC[C@@H](C)CCO. The average molecular weight is 145 g/mol. The lowest BCUT2D eigenvalue weighted by Crippen LogP contribution is -2.22. The Balaban J connectivity index is 2.97. The Bertz CT molecular complexity index is 66.3. The fraction of sp³-hybridized carbons (Fsp3) is 1.00. The summed E-state index contributed by atoms with van der Waals surface area (Å²) < 4.78 is 0. The van der Waals surface area contributed by atoms with Crippen LogP contribution in [-0.4, -0.2) is 24.8 Å². The Morgan fingerprint density at radius 3 is 2.70 bits per heavy atom. The van der Waals surface area contributed by atoms with Gasteiger partial charge in [-0.2, -0.15) is 0 Å². The Labute approximate surface area is 63.6 Å². The summed E-state index contributed by atoms with van der Waals surface area (Å²) in [4.78, 5) is 0. The summed E-state index contributed by atoms with van der Waals surface area (Å²) in [7, 11) is 0. The molecule has 2 nitrogen and oxygen atoms in total. The van der Waals surface area contributed by atoms with Crippen molar-refractivity contribution in [2.45, 2.75) is 26.7 Å². The van der Waals surface area contributed by atoms with Crippen LogP contribution in [0.1, 0.15) is 26.7 Å². The molecule has 0 unspecified atom stereocenters. The molecule has 0 aliphatic carbocycles. The molecule has 0 saturated carbocycles. The van der Waals surface area contributed by atoms with E-state index in [1.165, 1.54) is 6.42 Å². The third kappa shape index (κ3) is 6.05. The Morgan fingerprint density at radius 2 is 2.20 bits per heavy atom. The largest absolute Gasteiger partial charge is 0.396 e. The maximum atomic E-state index is 8.57. The first-order chi connectivity index (χ1) is 4.81. The summed E-state index contributed by atoms with van der Waals surface area (Å²) in [6.45, 7) is 6.75. The van der Waals surface area contributed by atoms with Crippen LogP contribution in [0.2, 0.25) is 0 Å². The molecule has 0 bridgehead atoms. The van der Waals surface area contributed by atoms with Gasteiger partial charge >= 0.3 is 0 Å². The van der Waals surface area contributed by atoms with Gasteiger partial charge < -0.3 is 10.4 Å². The van der Waals surface area contributed by atoms with E-state index in [2.05, 4.69) is 19.2 Å². The van der Waals surface area contributed by atoms with Gasteiger partial charge in [-0.3, -0.25) is 0 Å². The number of hydrogen-bond acceptors (Lipinski definition) is 2. The first-order valence-electron chi connectivity index (χ1n) is 4.12. The number of hydrogen-bond donors (Lipinski definition) is 2. The fourth-order valence-electron chi connectivity index (χ4n) is 0.848. The molecule has 0 aliphatic heterocycles. The molecule has 0 radical (unpaired) electrons. The van der Waals surface area contributed by atoms with Gasteiger partial charge in [-0.25, -0.2) is 0 Å². The molecule has 2 N–H and O–H groups in total. The lowest BCUT2D eigenvalue weighted by Gasteiger charge is -2.09. The van der Waals surface area contributed by atoms with Crippen molar-refractivity contribution >= 4 is 0 Å². The lowest BCUT2D eigenvalue weighted by atomic mass is 10.1. The maximum absolute atomic E-state index is 8.57. The van der Waals surface area contributed by atoms with E-state index in [1.807, 2.05) is 0 Å². The van der Waals surface area contributed by atoms with Crippen molar-refractivity contribution in [3.05, 3.63) is 0 Å². The highest BCUT2D eigenvalue weighted by molar-refractivity contribution is 4.55. The van der Waals surface area contributed by atoms with Crippen molar-refractivity contribution in [1.82, 2.24) is 5.32 Å². The highest BCUT2D eigenvalue weighted by atomic mass is 16.3. The van der Waals surface area contributed by atoms with Gasteiger partial charge in [-0.05, 0) is 31.8 Å². The highest BCUT2D eigenvalue weighted by Crippen LogP contribution is 1.97. The van der Waals surface area contributed by atoms with Gasteiger partial charge in [0.05, 0.1) is 0 Å². The van der Waals surface area contributed by atoms with Gasteiger partial charge in [0.25, 0.3) is 0 Å². The van der Waals surface area contributed by atoms with Gasteiger partial charge in [-0.1, -0.05) is 13.8 Å². The zero-order valence-electron chi connectivity index (χ0n) is 7.06. The molecule has 0 spiro atoms. The zero-order chi connectivity index (χ0) is 7.82. The maximum Gasteiger partial charge on any atom is 0.0434 e. The zero-order valence-corrected chi connectivity index (χ0v) is 7.06. The fourth-order valence-corrected chi connectivity index (χ4v) is 0.848. The summed E-state index contributed by atoms with van der Waals surface area (Å²) in [5.41, 5.74) is 0. The normalized spacial score (nSPS) is 13.5. The summed E-state index contributed by atoms with van der Waals surface area (Å²) in [6.07, 6.45) is 2.10. The van der Waals surface area contributed by atoms with Gasteiger partial charge in [0, 0.05) is 6.61 Å². The lowest BCUT2D eigenvalue weighted by molar-refractivity contribution is 0.260. The monoisotopic (exact) mass is 145 g/mol. The van der Waals surface area contributed by atoms with Crippen molar-refractivity contribution in [1.29, 1.82) is 0 Å². The van der Waals surface area contributed by atoms with Crippen LogP contribution >= 0.6 is 0 Å². The van der Waals surface area contributed by atoms with E-state index in [4.69, 9.17) is 5.11 Å². The van der Waals surface area contributed by atoms with E-state index in [0.29, 0.717) is 12.5 Å². The third-order valence-corrected chi connectivity index (χ3v) is 1.54. The van der Waals surface area contributed by atoms with Crippen LogP contribution in [0, 0.1) is 5.92 Å². The van der Waals surface area contributed by atoms with E-state index in [0.717, 1.165) is 19.5 Å². The van der Waals surface area contributed by atoms with Gasteiger partial charge in [0.1, 0.15) is 0 Å². The minimum atomic E-state index is 0.314. The predicted octanol–water partition coefficient (Wildman–Crippen LogP) is 1.00. The van der Waals surface area contributed by atoms with E-state index in [-0.39, 0.29) is 0 Å². The van der Waals surface area contributed by atoms with Crippen LogP contribution in [0.25, 0.3) is 0 Å². The average Bonchev–Trinajstić information content (AvgIpc) is 1.89. The van der Waals surface area contributed by atoms with Crippen molar-refractivity contribution in [2.24, 2.45) is 5.92 Å². The van der Waals surface area contributed by atoms with Gasteiger partial charge in [0.2, 0.25) is 0 Å². The van der Waals surface area contributed by atoms with E-state index in [1.54, 1.807) is 0 Å². The Morgan fingerprint density at radius 1 is 1.50 bits per heavy atom. The number of rotatable bonds is 6. The quantitative estimate of drug-likeness (QED) is 0.547. The molecule has 0 heterocycles. The molecule has 62 valence electrons. The van der Waals surface area contributed by atoms with Crippen LogP contribution in [0.4, 0.5) is 0 Å². The van der Waals surface area contributed by atoms with Crippen LogP contribution in [0.5, 0.6) is 0 Å².